The molecule has 0 saturated heterocycles. The van der Waals surface area contributed by atoms with Crippen molar-refractivity contribution in [3.05, 3.63) is 11.6 Å². The molecule has 0 amide bonds. The highest BCUT2D eigenvalue weighted by Gasteiger charge is 2.44. The van der Waals surface area contributed by atoms with E-state index in [4.69, 9.17) is 5.26 Å². The van der Waals surface area contributed by atoms with Gasteiger partial charge in [0.15, 0.2) is 0 Å². The molecule has 1 aliphatic heterocycles. The average Bonchev–Trinajstić information content (AvgIpc) is 2.90. The first-order valence-electron chi connectivity index (χ1n) is 5.03. The van der Waals surface area contributed by atoms with Gasteiger partial charge in [0.25, 0.3) is 0 Å². The molecule has 13 heavy (non-hydrogen) atoms. The molecular weight excluding hydrogens is 160 g/mol. The Kier molecular flexibility index (Phi) is 2.13. The normalized spacial score (nSPS) is 26.3. The lowest BCUT2D eigenvalue weighted by atomic mass is 10.1. The fourth-order valence-corrected chi connectivity index (χ4v) is 1.84. The Bertz CT molecular complexity index is 268. The van der Waals surface area contributed by atoms with Crippen LogP contribution in [0.5, 0.6) is 0 Å². The van der Waals surface area contributed by atoms with Crippen LogP contribution in [0.15, 0.2) is 11.6 Å². The molecule has 0 unspecified atom stereocenters. The van der Waals surface area contributed by atoms with Gasteiger partial charge in [-0.1, -0.05) is 11.6 Å². The topological polar surface area (TPSA) is 27.0 Å². The third kappa shape index (κ3) is 1.92. The standard InChI is InChI=1S/C11H16N2/c1-10-2-6-13(7-3-10)9-11(8-12)4-5-11/h2H,3-7,9H2,1H3. The minimum absolute atomic E-state index is 0.0408. The smallest absolute Gasteiger partial charge is 0.0703 e. The molecule has 1 saturated carbocycles. The Morgan fingerprint density at radius 3 is 2.85 bits per heavy atom. The van der Waals surface area contributed by atoms with Gasteiger partial charge in [-0.05, 0) is 26.2 Å². The van der Waals surface area contributed by atoms with Crippen molar-refractivity contribution in [3.8, 4) is 6.07 Å². The molecule has 0 spiro atoms. The van der Waals surface area contributed by atoms with Crippen molar-refractivity contribution >= 4 is 0 Å². The van der Waals surface area contributed by atoms with E-state index in [-0.39, 0.29) is 5.41 Å². The van der Waals surface area contributed by atoms with E-state index in [0.717, 1.165) is 32.5 Å². The summed E-state index contributed by atoms with van der Waals surface area (Å²) in [4.78, 5) is 2.41. The fraction of sp³-hybridized carbons (Fsp3) is 0.727. The van der Waals surface area contributed by atoms with Gasteiger partial charge in [0.05, 0.1) is 11.5 Å². The van der Waals surface area contributed by atoms with E-state index in [2.05, 4.69) is 24.0 Å². The maximum absolute atomic E-state index is 8.95. The van der Waals surface area contributed by atoms with E-state index in [1.807, 2.05) is 0 Å². The van der Waals surface area contributed by atoms with Crippen molar-refractivity contribution in [2.45, 2.75) is 26.2 Å². The molecule has 1 heterocycles. The number of hydrogen-bond acceptors (Lipinski definition) is 2. The lowest BCUT2D eigenvalue weighted by Crippen LogP contribution is -2.33. The predicted octanol–water partition coefficient (Wildman–Crippen LogP) is 1.94. The van der Waals surface area contributed by atoms with Crippen LogP contribution in [0.3, 0.4) is 0 Å². The van der Waals surface area contributed by atoms with E-state index < -0.39 is 0 Å². The second kappa shape index (κ2) is 3.16. The van der Waals surface area contributed by atoms with Crippen molar-refractivity contribution < 1.29 is 0 Å². The van der Waals surface area contributed by atoms with Crippen molar-refractivity contribution in [2.75, 3.05) is 19.6 Å². The molecule has 0 aromatic heterocycles. The van der Waals surface area contributed by atoms with Gasteiger partial charge in [0.1, 0.15) is 0 Å². The van der Waals surface area contributed by atoms with Gasteiger partial charge in [-0.15, -0.1) is 0 Å². The quantitative estimate of drug-likeness (QED) is 0.601. The van der Waals surface area contributed by atoms with Gasteiger partial charge < -0.3 is 0 Å². The molecule has 2 rings (SSSR count). The van der Waals surface area contributed by atoms with Crippen LogP contribution in [0.4, 0.5) is 0 Å². The monoisotopic (exact) mass is 176 g/mol. The summed E-state index contributed by atoms with van der Waals surface area (Å²) >= 11 is 0. The molecule has 70 valence electrons. The van der Waals surface area contributed by atoms with Gasteiger partial charge >= 0.3 is 0 Å². The highest BCUT2D eigenvalue weighted by Crippen LogP contribution is 2.45. The molecule has 1 fully saturated rings. The summed E-state index contributed by atoms with van der Waals surface area (Å²) in [5.41, 5.74) is 1.54. The summed E-state index contributed by atoms with van der Waals surface area (Å²) < 4.78 is 0. The van der Waals surface area contributed by atoms with E-state index in [0.29, 0.717) is 0 Å². The molecule has 0 bridgehead atoms. The third-order valence-electron chi connectivity index (χ3n) is 3.14. The lowest BCUT2D eigenvalue weighted by molar-refractivity contribution is 0.260. The Morgan fingerprint density at radius 2 is 2.38 bits per heavy atom. The average molecular weight is 176 g/mol. The van der Waals surface area contributed by atoms with Gasteiger partial charge in [-0.3, -0.25) is 4.90 Å². The summed E-state index contributed by atoms with van der Waals surface area (Å²) in [6.07, 6.45) is 5.70. The van der Waals surface area contributed by atoms with Crippen LogP contribution in [0.25, 0.3) is 0 Å². The molecule has 2 heteroatoms. The number of nitrogens with zero attached hydrogens (tertiary/aromatic N) is 2. The van der Waals surface area contributed by atoms with Crippen LogP contribution in [0, 0.1) is 16.7 Å². The van der Waals surface area contributed by atoms with E-state index in [9.17, 15) is 0 Å². The fourth-order valence-electron chi connectivity index (χ4n) is 1.84. The van der Waals surface area contributed by atoms with E-state index in [1.54, 1.807) is 0 Å². The van der Waals surface area contributed by atoms with E-state index >= 15 is 0 Å². The first kappa shape index (κ1) is 8.77. The van der Waals surface area contributed by atoms with Crippen LogP contribution in [-0.2, 0) is 0 Å². The summed E-state index contributed by atoms with van der Waals surface area (Å²) in [6.45, 7) is 5.38. The van der Waals surface area contributed by atoms with Crippen molar-refractivity contribution in [3.63, 3.8) is 0 Å². The van der Waals surface area contributed by atoms with Gasteiger partial charge in [0, 0.05) is 19.6 Å². The van der Waals surface area contributed by atoms with Crippen LogP contribution in [0.2, 0.25) is 0 Å². The molecule has 0 radical (unpaired) electrons. The minimum Gasteiger partial charge on any atom is -0.298 e. The number of nitriles is 1. The van der Waals surface area contributed by atoms with Crippen molar-refractivity contribution in [1.82, 2.24) is 4.90 Å². The van der Waals surface area contributed by atoms with Gasteiger partial charge in [-0.2, -0.15) is 5.26 Å². The summed E-state index contributed by atoms with van der Waals surface area (Å²) in [5.74, 6) is 0. The summed E-state index contributed by atoms with van der Waals surface area (Å²) in [6, 6.07) is 2.45. The van der Waals surface area contributed by atoms with Crippen LogP contribution in [-0.4, -0.2) is 24.5 Å². The molecular formula is C11H16N2. The summed E-state index contributed by atoms with van der Waals surface area (Å²) in [7, 11) is 0. The zero-order valence-electron chi connectivity index (χ0n) is 8.21. The minimum atomic E-state index is 0.0408. The Labute approximate surface area is 79.8 Å². The Balaban J connectivity index is 1.88. The third-order valence-corrected chi connectivity index (χ3v) is 3.14. The predicted molar refractivity (Wildman–Crippen MR) is 52.1 cm³/mol. The molecule has 0 atom stereocenters. The first-order chi connectivity index (χ1) is 6.24. The van der Waals surface area contributed by atoms with E-state index in [1.165, 1.54) is 12.0 Å². The summed E-state index contributed by atoms with van der Waals surface area (Å²) in [5, 5.41) is 8.95. The first-order valence-corrected chi connectivity index (χ1v) is 5.03. The second-order valence-corrected chi connectivity index (χ2v) is 4.43. The second-order valence-electron chi connectivity index (χ2n) is 4.43. The zero-order valence-corrected chi connectivity index (χ0v) is 8.21. The molecule has 2 nitrogen and oxygen atoms in total. The largest absolute Gasteiger partial charge is 0.298 e. The Hall–Kier alpha value is -0.810. The molecule has 1 aliphatic carbocycles. The van der Waals surface area contributed by atoms with Gasteiger partial charge in [-0.25, -0.2) is 0 Å². The number of hydrogen-bond donors (Lipinski definition) is 0. The molecule has 2 aliphatic rings. The molecule has 0 aromatic rings. The van der Waals surface area contributed by atoms with Crippen molar-refractivity contribution in [2.24, 2.45) is 5.41 Å². The highest BCUT2D eigenvalue weighted by molar-refractivity contribution is 5.13. The maximum atomic E-state index is 8.95. The SMILES string of the molecule is CC1=CCN(CC2(C#N)CC2)CC1. The number of rotatable bonds is 2. The molecule has 0 aromatic carbocycles. The molecule has 0 N–H and O–H groups in total. The van der Waals surface area contributed by atoms with Crippen molar-refractivity contribution in [1.29, 1.82) is 5.26 Å². The maximum Gasteiger partial charge on any atom is 0.0703 e. The Morgan fingerprint density at radius 1 is 1.62 bits per heavy atom. The van der Waals surface area contributed by atoms with Crippen LogP contribution < -0.4 is 0 Å². The van der Waals surface area contributed by atoms with Crippen LogP contribution in [0.1, 0.15) is 26.2 Å². The lowest BCUT2D eigenvalue weighted by Gasteiger charge is -2.26. The zero-order chi connectivity index (χ0) is 9.31. The van der Waals surface area contributed by atoms with Crippen LogP contribution >= 0.6 is 0 Å². The van der Waals surface area contributed by atoms with Gasteiger partial charge in [0.2, 0.25) is 0 Å². The highest BCUT2D eigenvalue weighted by atomic mass is 15.1.